The monoisotopic (exact) mass is 2120 g/mol. The fourth-order valence-corrected chi connectivity index (χ4v) is 17.9. The van der Waals surface area contributed by atoms with E-state index in [4.69, 9.17) is 60.0 Å². The number of aromatic amines is 1. The summed E-state index contributed by atoms with van der Waals surface area (Å²) >= 11 is 5.74. The Hall–Kier alpha value is -11.8. The highest BCUT2D eigenvalue weighted by atomic mass is 36.0. The van der Waals surface area contributed by atoms with Gasteiger partial charge in [0.1, 0.15) is 79.8 Å². The summed E-state index contributed by atoms with van der Waals surface area (Å²) in [6.07, 6.45) is 18.3. The summed E-state index contributed by atoms with van der Waals surface area (Å²) in [5.41, 5.74) is 5.68. The summed E-state index contributed by atoms with van der Waals surface area (Å²) < 4.78 is 104. The zero-order valence-corrected chi connectivity index (χ0v) is 89.5. The lowest BCUT2D eigenvalue weighted by Gasteiger charge is -2.24. The largest absolute Gasteiger partial charge is 0.497 e. The first-order chi connectivity index (χ1) is 67.9. The molecule has 8 aromatic heterocycles. The van der Waals surface area contributed by atoms with E-state index < -0.39 is 29.6 Å². The maximum absolute atomic E-state index is 13.9. The van der Waals surface area contributed by atoms with Crippen molar-refractivity contribution in [3.05, 3.63) is 163 Å². The maximum atomic E-state index is 13.9. The molecule has 0 spiro atoms. The Balaban J connectivity index is 0.000000171. The number of nitrogens with one attached hydrogen (secondary N) is 2. The minimum Gasteiger partial charge on any atom is -0.497 e. The number of aromatic nitrogens is 12. The van der Waals surface area contributed by atoms with Crippen LogP contribution < -0.4 is 65.4 Å². The third-order valence-corrected chi connectivity index (χ3v) is 25.8. The molecule has 16 rings (SSSR count). The molecule has 4 saturated heterocycles. The molecule has 4 aliphatic rings. The van der Waals surface area contributed by atoms with Crippen LogP contribution in [0.3, 0.4) is 0 Å². The van der Waals surface area contributed by atoms with Crippen LogP contribution in [0.15, 0.2) is 162 Å². The van der Waals surface area contributed by atoms with Gasteiger partial charge < -0.3 is 72.4 Å². The molecule has 4 aliphatic heterocycles. The number of rotatable bonds is 25. The molecular formula is C97H118Cl2N16O22S6. The molecule has 4 aromatic carbocycles. The zero-order chi connectivity index (χ0) is 104. The molecule has 0 unspecified atom stereocenters. The van der Waals surface area contributed by atoms with Gasteiger partial charge in [-0.05, 0) is 218 Å². The minimum absolute atomic E-state index is 0.0484. The van der Waals surface area contributed by atoms with Crippen molar-refractivity contribution in [2.24, 2.45) is 23.7 Å². The summed E-state index contributed by atoms with van der Waals surface area (Å²) in [5.74, 6) is 5.68. The highest BCUT2D eigenvalue weighted by molar-refractivity contribution is 8.31. The second kappa shape index (κ2) is 50.2. The minimum atomic E-state index is -3.72. The van der Waals surface area contributed by atoms with Crippen molar-refractivity contribution >= 4 is 149 Å². The van der Waals surface area contributed by atoms with Crippen LogP contribution in [0.1, 0.15) is 74.1 Å². The van der Waals surface area contributed by atoms with Crippen LogP contribution in [0, 0.1) is 23.7 Å². The summed E-state index contributed by atoms with van der Waals surface area (Å²) in [5, 5.41) is 8.98. The lowest BCUT2D eigenvalue weighted by atomic mass is 10.0. The summed E-state index contributed by atoms with van der Waals surface area (Å²) in [6, 6.07) is 28.9. The van der Waals surface area contributed by atoms with Gasteiger partial charge in [0.05, 0.1) is 69.7 Å². The first-order valence-corrected chi connectivity index (χ1v) is 54.9. The van der Waals surface area contributed by atoms with Crippen molar-refractivity contribution < 1.29 is 82.8 Å². The number of pyridine rings is 4. The second-order valence-electron chi connectivity index (χ2n) is 35.4. The first kappa shape index (κ1) is 112. The van der Waals surface area contributed by atoms with Gasteiger partial charge in [-0.2, -0.15) is 16.8 Å². The van der Waals surface area contributed by atoms with Crippen LogP contribution in [-0.4, -0.2) is 267 Å². The van der Waals surface area contributed by atoms with Gasteiger partial charge in [0.2, 0.25) is 5.91 Å². The quantitative estimate of drug-likeness (QED) is 0.0232. The van der Waals surface area contributed by atoms with Crippen LogP contribution in [-0.2, 0) is 56.5 Å². The summed E-state index contributed by atoms with van der Waals surface area (Å²) in [4.78, 5) is 133. The van der Waals surface area contributed by atoms with E-state index in [-0.39, 0.29) is 64.7 Å². The van der Waals surface area contributed by atoms with Gasteiger partial charge in [-0.1, -0.05) is 47.0 Å². The van der Waals surface area contributed by atoms with Crippen molar-refractivity contribution in [2.45, 2.75) is 126 Å². The second-order valence-corrected chi connectivity index (χ2v) is 43.8. The molecule has 0 aliphatic carbocycles. The number of nitrogens with zero attached hydrogens (tertiary/aromatic N) is 14. The average Bonchev–Trinajstić information content (AvgIpc) is 1.50. The highest BCUT2D eigenvalue weighted by Gasteiger charge is 2.34. The molecule has 38 nitrogen and oxygen atoms in total. The Morgan fingerprint density at radius 3 is 1.01 bits per heavy atom. The van der Waals surface area contributed by atoms with Gasteiger partial charge in [0, 0.05) is 186 Å². The van der Waals surface area contributed by atoms with E-state index in [1.807, 2.05) is 126 Å². The number of H-pyrrole nitrogens is 1. The van der Waals surface area contributed by atoms with Crippen molar-refractivity contribution in [2.75, 3.05) is 147 Å². The van der Waals surface area contributed by atoms with Crippen LogP contribution in [0.5, 0.6) is 46.0 Å². The average molecular weight is 2120 g/mol. The topological polar surface area (TPSA) is 445 Å². The molecule has 0 bridgehead atoms. The van der Waals surface area contributed by atoms with Gasteiger partial charge in [-0.3, -0.25) is 41.9 Å². The van der Waals surface area contributed by atoms with Gasteiger partial charge in [-0.15, -0.1) is 0 Å². The number of likely N-dealkylation sites (tertiary alicyclic amines) is 3. The van der Waals surface area contributed by atoms with E-state index in [2.05, 4.69) is 71.5 Å². The third kappa shape index (κ3) is 31.2. The van der Waals surface area contributed by atoms with Crippen molar-refractivity contribution in [3.8, 4) is 90.5 Å². The number of ether oxygens (including phenoxy) is 10. The van der Waals surface area contributed by atoms with Crippen molar-refractivity contribution in [1.82, 2.24) is 78.6 Å². The summed E-state index contributed by atoms with van der Waals surface area (Å²) in [7, 11) is 14.0. The van der Waals surface area contributed by atoms with Crippen molar-refractivity contribution in [3.63, 3.8) is 0 Å². The molecule has 0 radical (unpaired) electrons. The highest BCUT2D eigenvalue weighted by Crippen LogP contribution is 2.37. The van der Waals surface area contributed by atoms with Gasteiger partial charge in [0.25, 0.3) is 32.4 Å². The standard InChI is InChI=1S/C26H32N4O5S.C23H26N4O4S.C21H24N4O3S.C16H15N3O3S.C11H21NO5S.Cl2O2S/c1-26(2,3)35-25(32)29-8-7-16(14-29)15-30-22-18(13-27-24(28-22)36-6)11-21(23(30)31)17-9-19(33-4)12-20(10-17)34-5;1-14(28)26-6-5-15(12-26)13-27-21-17(11-24-23(25-21)32-4)9-20(22(27)29)16-7-18(30-2)10-19(8-16)31-3;1-27-16-6-14(7-17(9-16)28-2)18-8-15-11-23-21(29-3)24-19(15)25(20(18)26)12-13-4-5-22-10-13;1-21-11-4-9(5-12(7-11)22-2)13-6-10-8-17-16(23-3)19-14(10)18-15(13)20;1-11(2,3)17-10(13)12-6-5-9(7-12)8-16-18(4,14)15;1-5(2,3)4/h9-13,16H,7-8,14-15H2,1-6H3;7-11,15H,5-6,12-13H2,1-4H3;6-9,11,13,22H,4-5,10,12H2,1-3H3;4-8H,1-3H3,(H,17,18,19,20);9H,5-8H2,1-4H3;/t16-;15-;13-;;9-;/m111.1./s1. The number of thioether (sulfide) groups is 4. The Bertz CT molecular complexity index is 6990. The molecule has 0 saturated carbocycles. The molecule has 46 heteroatoms. The Kier molecular flexibility index (Phi) is 39.2. The van der Waals surface area contributed by atoms with E-state index >= 15 is 0 Å². The van der Waals surface area contributed by atoms with Crippen LogP contribution in [0.25, 0.3) is 88.6 Å². The lowest BCUT2D eigenvalue weighted by molar-refractivity contribution is -0.127. The maximum Gasteiger partial charge on any atom is 0.410 e. The van der Waals surface area contributed by atoms with Gasteiger partial charge in [-0.25, -0.2) is 49.5 Å². The van der Waals surface area contributed by atoms with E-state index in [1.165, 1.54) is 47.0 Å². The SMILES string of the molecule is CC(C)(C)OC(=O)N1CC[C@@H](COS(C)(=O)=O)C1.COc1cc(OC)cc(-c2cc3cnc(SC)nc3[nH]c2=O)c1.COc1cc(OC)cc(-c2cc3cnc(SC)nc3n(C[C@@H]3CCN(C(=O)OC(C)(C)C)C3)c2=O)c1.COc1cc(OC)cc(-c2cc3cnc(SC)nc3n(C[C@@H]3CCN(C(C)=O)C3)c2=O)c1.COc1cc(OC)cc(-c2cc3cnc(SC)nc3n(C[C@@H]3CCNC3)c2=O)c1.O=S(=O)(Cl)Cl. The van der Waals surface area contributed by atoms with Crippen molar-refractivity contribution in [1.29, 1.82) is 0 Å². The van der Waals surface area contributed by atoms with E-state index in [0.717, 1.165) is 72.1 Å². The normalized spacial score (nSPS) is 15.6. The smallest absolute Gasteiger partial charge is 0.410 e. The molecule has 2 N–H and O–H groups in total. The fourth-order valence-electron chi connectivity index (χ4n) is 16.1. The van der Waals surface area contributed by atoms with E-state index in [9.17, 15) is 42.0 Å². The number of carbonyl (C=O) groups excluding carboxylic acids is 3. The van der Waals surface area contributed by atoms with Crippen LogP contribution >= 0.6 is 68.4 Å². The number of hydrogen-bond donors (Lipinski definition) is 2. The predicted molar refractivity (Wildman–Crippen MR) is 557 cm³/mol. The molecule has 4 atom stereocenters. The Morgan fingerprint density at radius 2 is 0.706 bits per heavy atom. The van der Waals surface area contributed by atoms with E-state index in [1.54, 1.807) is 155 Å². The van der Waals surface area contributed by atoms with Gasteiger partial charge in [0.15, 0.2) is 20.6 Å². The first-order valence-electron chi connectivity index (χ1n) is 45.0. The number of benzene rings is 4. The number of halogens is 2. The number of hydrogen-bond acceptors (Lipinski definition) is 35. The van der Waals surface area contributed by atoms with Crippen LogP contribution in [0.4, 0.5) is 9.59 Å². The van der Waals surface area contributed by atoms with E-state index in [0.29, 0.717) is 193 Å². The molecule has 3 amide bonds. The number of carbonyl (C=O) groups is 3. The number of methoxy groups -OCH3 is 8. The Labute approximate surface area is 854 Å². The molecule has 4 fully saturated rings. The third-order valence-electron chi connectivity index (χ3n) is 23.0. The molecular weight excluding hydrogens is 2000 g/mol. The molecule has 768 valence electrons. The number of amides is 3. The summed E-state index contributed by atoms with van der Waals surface area (Å²) in [6.45, 7) is 19.6. The molecule has 143 heavy (non-hydrogen) atoms. The molecule has 12 heterocycles. The zero-order valence-electron chi connectivity index (χ0n) is 83.1. The van der Waals surface area contributed by atoms with Gasteiger partial charge >= 0.3 is 20.5 Å². The van der Waals surface area contributed by atoms with Crippen LogP contribution in [0.2, 0.25) is 0 Å². The number of fused-ring (bicyclic) bond motifs is 4. The Morgan fingerprint density at radius 1 is 0.413 bits per heavy atom. The predicted octanol–water partition coefficient (Wildman–Crippen LogP) is 15.0. The fraction of sp³-hybridized carbons (Fsp3) is 0.433. The molecule has 12 aromatic rings. The lowest BCUT2D eigenvalue weighted by Crippen LogP contribution is -2.36.